The standard InChI is InChI=1S/C11H23NO3/c1-11(14,6-7-15-2)8-12-9-4-3-5-10(9)13/h9-10,12-14H,3-8H2,1-2H3/t9-,10-,11?/m1/s1. The number of aliphatic hydroxyl groups excluding tert-OH is 1. The van der Waals surface area contributed by atoms with Gasteiger partial charge in [0, 0.05) is 32.7 Å². The molecule has 1 saturated carbocycles. The summed E-state index contributed by atoms with van der Waals surface area (Å²) in [5.74, 6) is 0. The third kappa shape index (κ3) is 4.47. The van der Waals surface area contributed by atoms with Crippen LogP contribution >= 0.6 is 0 Å². The molecule has 1 aliphatic carbocycles. The van der Waals surface area contributed by atoms with Crippen molar-refractivity contribution >= 4 is 0 Å². The lowest BCUT2D eigenvalue weighted by Crippen LogP contribution is -2.45. The maximum atomic E-state index is 9.97. The molecule has 0 aromatic heterocycles. The van der Waals surface area contributed by atoms with Gasteiger partial charge in [-0.2, -0.15) is 0 Å². The van der Waals surface area contributed by atoms with Crippen LogP contribution in [0.2, 0.25) is 0 Å². The van der Waals surface area contributed by atoms with Crippen molar-refractivity contribution in [2.24, 2.45) is 0 Å². The zero-order valence-corrected chi connectivity index (χ0v) is 9.70. The van der Waals surface area contributed by atoms with Gasteiger partial charge in [-0.1, -0.05) is 0 Å². The Morgan fingerprint density at radius 2 is 2.20 bits per heavy atom. The molecule has 0 heterocycles. The van der Waals surface area contributed by atoms with E-state index in [0.29, 0.717) is 19.6 Å². The molecule has 3 atom stereocenters. The smallest absolute Gasteiger partial charge is 0.0765 e. The van der Waals surface area contributed by atoms with Crippen molar-refractivity contribution in [1.82, 2.24) is 5.32 Å². The van der Waals surface area contributed by atoms with E-state index >= 15 is 0 Å². The molecule has 1 aliphatic rings. The Labute approximate surface area is 91.6 Å². The van der Waals surface area contributed by atoms with Gasteiger partial charge in [-0.3, -0.25) is 0 Å². The van der Waals surface area contributed by atoms with Crippen molar-refractivity contribution < 1.29 is 14.9 Å². The van der Waals surface area contributed by atoms with E-state index in [1.165, 1.54) is 0 Å². The zero-order valence-electron chi connectivity index (χ0n) is 9.70. The molecule has 0 radical (unpaired) electrons. The van der Waals surface area contributed by atoms with Crippen molar-refractivity contribution in [1.29, 1.82) is 0 Å². The van der Waals surface area contributed by atoms with Crippen molar-refractivity contribution in [3.63, 3.8) is 0 Å². The molecule has 90 valence electrons. The molecule has 1 fully saturated rings. The van der Waals surface area contributed by atoms with E-state index in [1.54, 1.807) is 14.0 Å². The molecule has 1 unspecified atom stereocenters. The van der Waals surface area contributed by atoms with E-state index in [1.807, 2.05) is 0 Å². The highest BCUT2D eigenvalue weighted by atomic mass is 16.5. The lowest BCUT2D eigenvalue weighted by molar-refractivity contribution is 0.0187. The molecular weight excluding hydrogens is 194 g/mol. The zero-order chi connectivity index (χ0) is 11.3. The Bertz CT molecular complexity index is 185. The fraction of sp³-hybridized carbons (Fsp3) is 1.00. The third-order valence-corrected chi connectivity index (χ3v) is 3.07. The van der Waals surface area contributed by atoms with Gasteiger partial charge < -0.3 is 20.3 Å². The van der Waals surface area contributed by atoms with Crippen LogP contribution in [0.15, 0.2) is 0 Å². The summed E-state index contributed by atoms with van der Waals surface area (Å²) in [6, 6.07) is 0.152. The summed E-state index contributed by atoms with van der Waals surface area (Å²) in [6.45, 7) is 2.86. The summed E-state index contributed by atoms with van der Waals surface area (Å²) < 4.78 is 4.93. The first-order valence-electron chi connectivity index (χ1n) is 5.68. The molecule has 4 heteroatoms. The van der Waals surface area contributed by atoms with Crippen LogP contribution < -0.4 is 5.32 Å². The average molecular weight is 217 g/mol. The highest BCUT2D eigenvalue weighted by Gasteiger charge is 2.27. The lowest BCUT2D eigenvalue weighted by atomic mass is 10.0. The van der Waals surface area contributed by atoms with E-state index in [2.05, 4.69) is 5.32 Å². The van der Waals surface area contributed by atoms with Gasteiger partial charge in [-0.05, 0) is 26.2 Å². The fourth-order valence-electron chi connectivity index (χ4n) is 1.94. The predicted octanol–water partition coefficient (Wildman–Crippen LogP) is 0.277. The minimum absolute atomic E-state index is 0.152. The van der Waals surface area contributed by atoms with Gasteiger partial charge in [0.25, 0.3) is 0 Å². The second-order valence-corrected chi connectivity index (χ2v) is 4.73. The monoisotopic (exact) mass is 217 g/mol. The Hall–Kier alpha value is -0.160. The Kier molecular flexibility index (Phi) is 4.99. The van der Waals surface area contributed by atoms with Crippen molar-refractivity contribution in [3.05, 3.63) is 0 Å². The molecular formula is C11H23NO3. The van der Waals surface area contributed by atoms with Crippen LogP contribution in [0.4, 0.5) is 0 Å². The maximum absolute atomic E-state index is 9.97. The quantitative estimate of drug-likeness (QED) is 0.598. The minimum atomic E-state index is -0.752. The van der Waals surface area contributed by atoms with Crippen LogP contribution in [0.5, 0.6) is 0 Å². The largest absolute Gasteiger partial charge is 0.392 e. The predicted molar refractivity (Wildman–Crippen MR) is 58.8 cm³/mol. The molecule has 0 bridgehead atoms. The topological polar surface area (TPSA) is 61.7 Å². The van der Waals surface area contributed by atoms with Gasteiger partial charge in [0.15, 0.2) is 0 Å². The first kappa shape index (κ1) is 12.9. The van der Waals surface area contributed by atoms with Crippen LogP contribution in [0, 0.1) is 0 Å². The van der Waals surface area contributed by atoms with Crippen molar-refractivity contribution in [3.8, 4) is 0 Å². The van der Waals surface area contributed by atoms with Gasteiger partial charge in [0.05, 0.1) is 11.7 Å². The number of hydrogen-bond donors (Lipinski definition) is 3. The van der Waals surface area contributed by atoms with Crippen LogP contribution in [-0.4, -0.2) is 48.2 Å². The van der Waals surface area contributed by atoms with Crippen LogP contribution in [0.3, 0.4) is 0 Å². The summed E-state index contributed by atoms with van der Waals surface area (Å²) in [6.07, 6.45) is 3.31. The highest BCUT2D eigenvalue weighted by molar-refractivity contribution is 4.85. The molecule has 0 saturated heterocycles. The lowest BCUT2D eigenvalue weighted by Gasteiger charge is -2.26. The molecule has 15 heavy (non-hydrogen) atoms. The second-order valence-electron chi connectivity index (χ2n) is 4.73. The van der Waals surface area contributed by atoms with Gasteiger partial charge >= 0.3 is 0 Å². The van der Waals surface area contributed by atoms with Gasteiger partial charge in [-0.15, -0.1) is 0 Å². The van der Waals surface area contributed by atoms with E-state index in [0.717, 1.165) is 19.3 Å². The van der Waals surface area contributed by atoms with E-state index < -0.39 is 5.60 Å². The summed E-state index contributed by atoms with van der Waals surface area (Å²) in [4.78, 5) is 0. The SMILES string of the molecule is COCCC(C)(O)CN[C@@H]1CCC[C@H]1O. The van der Waals surface area contributed by atoms with Crippen LogP contribution in [-0.2, 0) is 4.74 Å². The second kappa shape index (κ2) is 5.80. The van der Waals surface area contributed by atoms with E-state index in [4.69, 9.17) is 4.74 Å². The molecule has 3 N–H and O–H groups in total. The number of methoxy groups -OCH3 is 1. The minimum Gasteiger partial charge on any atom is -0.392 e. The van der Waals surface area contributed by atoms with Gasteiger partial charge in [0.2, 0.25) is 0 Å². The maximum Gasteiger partial charge on any atom is 0.0765 e. The molecule has 0 amide bonds. The molecule has 0 aliphatic heterocycles. The third-order valence-electron chi connectivity index (χ3n) is 3.07. The number of hydrogen-bond acceptors (Lipinski definition) is 4. The first-order chi connectivity index (χ1) is 7.05. The fourth-order valence-corrected chi connectivity index (χ4v) is 1.94. The first-order valence-corrected chi connectivity index (χ1v) is 5.68. The molecule has 1 rings (SSSR count). The van der Waals surface area contributed by atoms with E-state index in [9.17, 15) is 10.2 Å². The number of aliphatic hydroxyl groups is 2. The summed E-state index contributed by atoms with van der Waals surface area (Å²) in [5, 5.41) is 22.8. The van der Waals surface area contributed by atoms with E-state index in [-0.39, 0.29) is 12.1 Å². The van der Waals surface area contributed by atoms with Gasteiger partial charge in [-0.25, -0.2) is 0 Å². The summed E-state index contributed by atoms with van der Waals surface area (Å²) in [7, 11) is 1.63. The van der Waals surface area contributed by atoms with Crippen molar-refractivity contribution in [2.45, 2.75) is 50.4 Å². The van der Waals surface area contributed by atoms with Crippen LogP contribution in [0.25, 0.3) is 0 Å². The Morgan fingerprint density at radius 3 is 2.73 bits per heavy atom. The molecule has 0 aromatic carbocycles. The Morgan fingerprint density at radius 1 is 1.47 bits per heavy atom. The molecule has 0 aromatic rings. The average Bonchev–Trinajstić information content (AvgIpc) is 2.58. The van der Waals surface area contributed by atoms with Gasteiger partial charge in [0.1, 0.15) is 0 Å². The highest BCUT2D eigenvalue weighted by Crippen LogP contribution is 2.19. The molecule has 0 spiro atoms. The number of nitrogens with one attached hydrogen (secondary N) is 1. The summed E-state index contributed by atoms with van der Waals surface area (Å²) in [5.41, 5.74) is -0.752. The van der Waals surface area contributed by atoms with Crippen LogP contribution in [0.1, 0.15) is 32.6 Å². The number of ether oxygens (including phenoxy) is 1. The summed E-state index contributed by atoms with van der Waals surface area (Å²) >= 11 is 0. The van der Waals surface area contributed by atoms with Crippen molar-refractivity contribution in [2.75, 3.05) is 20.3 Å². The normalized spacial score (nSPS) is 30.4. The molecule has 4 nitrogen and oxygen atoms in total. The Balaban J connectivity index is 2.22. The number of rotatable bonds is 6.